The number of amides is 2. The van der Waals surface area contributed by atoms with Gasteiger partial charge in [0.25, 0.3) is 0 Å². The Bertz CT molecular complexity index is 486. The van der Waals surface area contributed by atoms with E-state index in [1.54, 1.807) is 12.4 Å². The smallest absolute Gasteiger partial charge is 0.314 e. The maximum Gasteiger partial charge on any atom is 0.314 e. The van der Waals surface area contributed by atoms with E-state index in [-0.39, 0.29) is 17.9 Å². The molecule has 6 heteroatoms. The van der Waals surface area contributed by atoms with Gasteiger partial charge in [0.05, 0.1) is 6.42 Å². The topological polar surface area (TPSA) is 91.3 Å². The summed E-state index contributed by atoms with van der Waals surface area (Å²) in [5.74, 6) is -0.798. The Kier molecular flexibility index (Phi) is 5.14. The average Bonchev–Trinajstić information content (AvgIpc) is 2.42. The van der Waals surface area contributed by atoms with Crippen molar-refractivity contribution < 1.29 is 14.7 Å². The largest absolute Gasteiger partial charge is 0.481 e. The molecule has 0 radical (unpaired) electrons. The molecule has 1 aliphatic rings. The molecule has 0 spiro atoms. The van der Waals surface area contributed by atoms with Crippen LogP contribution in [0.25, 0.3) is 0 Å². The van der Waals surface area contributed by atoms with Crippen molar-refractivity contribution >= 4 is 12.0 Å². The summed E-state index contributed by atoms with van der Waals surface area (Å²) in [5, 5.41) is 14.5. The number of nitrogens with zero attached hydrogens (tertiary/aromatic N) is 1. The summed E-state index contributed by atoms with van der Waals surface area (Å²) in [7, 11) is 0. The van der Waals surface area contributed by atoms with Crippen LogP contribution in [0.2, 0.25) is 0 Å². The molecular weight excluding hydrogens is 270 g/mol. The summed E-state index contributed by atoms with van der Waals surface area (Å²) in [6, 6.07) is 3.58. The molecule has 1 fully saturated rings. The molecule has 2 amide bonds. The quantitative estimate of drug-likeness (QED) is 0.711. The van der Waals surface area contributed by atoms with Crippen LogP contribution in [-0.2, 0) is 11.2 Å². The molecule has 1 aromatic rings. The number of carbonyl (C=O) groups excluding carboxylic acids is 1. The second-order valence-electron chi connectivity index (χ2n) is 5.64. The summed E-state index contributed by atoms with van der Waals surface area (Å²) in [4.78, 5) is 26.6. The molecule has 0 aliphatic heterocycles. The van der Waals surface area contributed by atoms with Crippen LogP contribution in [-0.4, -0.2) is 35.2 Å². The van der Waals surface area contributed by atoms with Crippen LogP contribution in [0.4, 0.5) is 4.79 Å². The van der Waals surface area contributed by atoms with Gasteiger partial charge in [-0.2, -0.15) is 0 Å². The maximum absolute atomic E-state index is 11.7. The van der Waals surface area contributed by atoms with E-state index in [1.165, 1.54) is 0 Å². The summed E-state index contributed by atoms with van der Waals surface area (Å²) in [6.07, 6.45) is 7.12. The highest BCUT2D eigenvalue weighted by atomic mass is 16.4. The molecule has 1 saturated carbocycles. The van der Waals surface area contributed by atoms with Gasteiger partial charge in [-0.05, 0) is 36.3 Å². The Labute approximate surface area is 124 Å². The first-order chi connectivity index (χ1) is 10.1. The Morgan fingerprint density at radius 2 is 2.14 bits per heavy atom. The molecule has 0 atom stereocenters. The van der Waals surface area contributed by atoms with E-state index < -0.39 is 5.97 Å². The Hall–Kier alpha value is -2.11. The maximum atomic E-state index is 11.7. The van der Waals surface area contributed by atoms with Crippen molar-refractivity contribution in [2.24, 2.45) is 5.41 Å². The number of carboxylic acid groups (broad SMARTS) is 1. The lowest BCUT2D eigenvalue weighted by molar-refractivity contribution is -0.141. The fraction of sp³-hybridized carbons (Fsp3) is 0.533. The molecule has 3 N–H and O–H groups in total. The van der Waals surface area contributed by atoms with Crippen LogP contribution in [0.3, 0.4) is 0 Å². The van der Waals surface area contributed by atoms with Crippen LogP contribution < -0.4 is 10.6 Å². The lowest BCUT2D eigenvalue weighted by Crippen LogP contribution is -2.46. The number of rotatable bonds is 7. The Balaban J connectivity index is 1.66. The van der Waals surface area contributed by atoms with E-state index in [4.69, 9.17) is 5.11 Å². The molecule has 1 aromatic heterocycles. The average molecular weight is 291 g/mol. The van der Waals surface area contributed by atoms with Gasteiger partial charge in [0, 0.05) is 25.5 Å². The third-order valence-corrected chi connectivity index (χ3v) is 3.99. The Morgan fingerprint density at radius 3 is 2.71 bits per heavy atom. The lowest BCUT2D eigenvalue weighted by Gasteiger charge is -2.40. The molecule has 2 rings (SSSR count). The fourth-order valence-electron chi connectivity index (χ4n) is 2.61. The summed E-state index contributed by atoms with van der Waals surface area (Å²) in [5.41, 5.74) is 0.825. The highest BCUT2D eigenvalue weighted by Crippen LogP contribution is 2.43. The van der Waals surface area contributed by atoms with E-state index in [2.05, 4.69) is 15.6 Å². The first-order valence-corrected chi connectivity index (χ1v) is 7.22. The number of hydrogen-bond acceptors (Lipinski definition) is 3. The van der Waals surface area contributed by atoms with E-state index >= 15 is 0 Å². The summed E-state index contributed by atoms with van der Waals surface area (Å²) in [6.45, 7) is 0.960. The molecule has 6 nitrogen and oxygen atoms in total. The normalized spacial score (nSPS) is 15.8. The minimum absolute atomic E-state index is 0.128. The van der Waals surface area contributed by atoms with E-state index in [1.807, 2.05) is 12.1 Å². The van der Waals surface area contributed by atoms with E-state index in [9.17, 15) is 9.59 Å². The van der Waals surface area contributed by atoms with Crippen LogP contribution >= 0.6 is 0 Å². The third-order valence-electron chi connectivity index (χ3n) is 3.99. The first-order valence-electron chi connectivity index (χ1n) is 7.22. The number of hydrogen-bond donors (Lipinski definition) is 3. The molecule has 0 aromatic carbocycles. The van der Waals surface area contributed by atoms with Crippen molar-refractivity contribution in [1.29, 1.82) is 0 Å². The van der Waals surface area contributed by atoms with Crippen LogP contribution in [0, 0.1) is 5.41 Å². The number of nitrogens with one attached hydrogen (secondary N) is 2. The zero-order chi connectivity index (χ0) is 15.1. The minimum Gasteiger partial charge on any atom is -0.481 e. The predicted molar refractivity (Wildman–Crippen MR) is 77.9 cm³/mol. The Morgan fingerprint density at radius 1 is 1.33 bits per heavy atom. The number of pyridine rings is 1. The summed E-state index contributed by atoms with van der Waals surface area (Å²) < 4.78 is 0. The number of urea groups is 1. The van der Waals surface area contributed by atoms with Crippen molar-refractivity contribution in [3.63, 3.8) is 0 Å². The van der Waals surface area contributed by atoms with Gasteiger partial charge in [-0.25, -0.2) is 4.79 Å². The molecule has 0 bridgehead atoms. The molecule has 21 heavy (non-hydrogen) atoms. The highest BCUT2D eigenvalue weighted by Gasteiger charge is 2.39. The second-order valence-corrected chi connectivity index (χ2v) is 5.64. The zero-order valence-corrected chi connectivity index (χ0v) is 12.0. The molecule has 0 unspecified atom stereocenters. The molecule has 0 saturated heterocycles. The van der Waals surface area contributed by atoms with Gasteiger partial charge in [0.1, 0.15) is 0 Å². The van der Waals surface area contributed by atoms with Gasteiger partial charge in [-0.15, -0.1) is 0 Å². The van der Waals surface area contributed by atoms with E-state index in [0.717, 1.165) is 31.2 Å². The number of aromatic nitrogens is 1. The van der Waals surface area contributed by atoms with Gasteiger partial charge in [0.15, 0.2) is 0 Å². The highest BCUT2D eigenvalue weighted by molar-refractivity contribution is 5.74. The van der Waals surface area contributed by atoms with E-state index in [0.29, 0.717) is 13.1 Å². The number of carbonyl (C=O) groups is 2. The second kappa shape index (κ2) is 7.06. The molecular formula is C15H21N3O3. The minimum atomic E-state index is -0.798. The van der Waals surface area contributed by atoms with Crippen LogP contribution in [0.1, 0.15) is 31.2 Å². The van der Waals surface area contributed by atoms with Gasteiger partial charge in [-0.1, -0.05) is 12.5 Å². The van der Waals surface area contributed by atoms with Crippen molar-refractivity contribution in [1.82, 2.24) is 15.6 Å². The van der Waals surface area contributed by atoms with Gasteiger partial charge < -0.3 is 15.7 Å². The third kappa shape index (κ3) is 4.73. The number of aliphatic carboxylic acids is 1. The standard InChI is InChI=1S/C15H21N3O3/c19-13(20)9-15(5-2-6-15)11-18-14(21)17-8-4-12-3-1-7-16-10-12/h1,3,7,10H,2,4-6,8-9,11H2,(H,19,20)(H2,17,18,21). The van der Waals surface area contributed by atoms with Crippen molar-refractivity contribution in [3.05, 3.63) is 30.1 Å². The van der Waals surface area contributed by atoms with Crippen LogP contribution in [0.15, 0.2) is 24.5 Å². The predicted octanol–water partition coefficient (Wildman–Crippen LogP) is 1.57. The monoisotopic (exact) mass is 291 g/mol. The number of carboxylic acids is 1. The molecule has 1 aliphatic carbocycles. The first kappa shape index (κ1) is 15.3. The molecule has 114 valence electrons. The van der Waals surface area contributed by atoms with Gasteiger partial charge in [0.2, 0.25) is 0 Å². The lowest BCUT2D eigenvalue weighted by atomic mass is 9.66. The zero-order valence-electron chi connectivity index (χ0n) is 12.0. The fourth-order valence-corrected chi connectivity index (χ4v) is 2.61. The van der Waals surface area contributed by atoms with Gasteiger partial charge in [-0.3, -0.25) is 9.78 Å². The van der Waals surface area contributed by atoms with Crippen LogP contribution in [0.5, 0.6) is 0 Å². The van der Waals surface area contributed by atoms with Crippen molar-refractivity contribution in [2.75, 3.05) is 13.1 Å². The van der Waals surface area contributed by atoms with Crippen molar-refractivity contribution in [3.8, 4) is 0 Å². The molecule has 1 heterocycles. The summed E-state index contributed by atoms with van der Waals surface area (Å²) >= 11 is 0. The SMILES string of the molecule is O=C(O)CC1(CNC(=O)NCCc2cccnc2)CCC1. The van der Waals surface area contributed by atoms with Gasteiger partial charge >= 0.3 is 12.0 Å². The van der Waals surface area contributed by atoms with Crippen molar-refractivity contribution in [2.45, 2.75) is 32.1 Å².